The number of nitrogens with one attached hydrogen (secondary N) is 3. The maximum absolute atomic E-state index is 12.0. The molecule has 0 bridgehead atoms. The number of benzene rings is 1. The van der Waals surface area contributed by atoms with Crippen LogP contribution in [-0.4, -0.2) is 34.1 Å². The van der Waals surface area contributed by atoms with E-state index in [2.05, 4.69) is 15.6 Å². The Balaban J connectivity index is 1.55. The number of aromatic amines is 1. The number of H-pyrrole nitrogens is 1. The van der Waals surface area contributed by atoms with Gasteiger partial charge in [0.15, 0.2) is 0 Å². The molecule has 1 fully saturated rings. The van der Waals surface area contributed by atoms with Gasteiger partial charge in [0.1, 0.15) is 0 Å². The molecule has 6 nitrogen and oxygen atoms in total. The van der Waals surface area contributed by atoms with Crippen molar-refractivity contribution in [2.45, 2.75) is 37.7 Å². The van der Waals surface area contributed by atoms with Gasteiger partial charge < -0.3 is 20.7 Å². The summed E-state index contributed by atoms with van der Waals surface area (Å²) in [6, 6.07) is 7.27. The lowest BCUT2D eigenvalue weighted by atomic mass is 9.85. The van der Waals surface area contributed by atoms with Gasteiger partial charge in [-0.1, -0.05) is 19.3 Å². The molecule has 1 aliphatic rings. The fourth-order valence-corrected chi connectivity index (χ4v) is 3.03. The molecule has 23 heavy (non-hydrogen) atoms. The Morgan fingerprint density at radius 1 is 1.13 bits per heavy atom. The van der Waals surface area contributed by atoms with E-state index in [1.165, 1.54) is 0 Å². The van der Waals surface area contributed by atoms with E-state index in [0.717, 1.165) is 30.2 Å². The van der Waals surface area contributed by atoms with Gasteiger partial charge in [-0.05, 0) is 37.1 Å². The molecular formula is C17H21N3O3. The predicted octanol–water partition coefficient (Wildman–Crippen LogP) is 1.92. The number of hydrogen-bond donors (Lipinski definition) is 4. The number of aromatic nitrogens is 1. The van der Waals surface area contributed by atoms with Crippen LogP contribution in [0.5, 0.6) is 0 Å². The molecular weight excluding hydrogens is 294 g/mol. The second-order valence-corrected chi connectivity index (χ2v) is 6.20. The SMILES string of the molecule is O=C(NCC1(O)CCCCC1)C(=O)Nc1ccc2[nH]ccc2c1. The third kappa shape index (κ3) is 3.71. The molecule has 0 unspecified atom stereocenters. The molecule has 1 aromatic heterocycles. The third-order valence-corrected chi connectivity index (χ3v) is 4.38. The van der Waals surface area contributed by atoms with E-state index in [-0.39, 0.29) is 6.54 Å². The Bertz CT molecular complexity index is 717. The molecule has 1 saturated carbocycles. The lowest BCUT2D eigenvalue weighted by Crippen LogP contribution is -2.47. The summed E-state index contributed by atoms with van der Waals surface area (Å²) < 4.78 is 0. The molecule has 3 rings (SSSR count). The van der Waals surface area contributed by atoms with Gasteiger partial charge in [0.05, 0.1) is 5.60 Å². The number of carbonyl (C=O) groups is 2. The molecule has 122 valence electrons. The minimum absolute atomic E-state index is 0.121. The van der Waals surface area contributed by atoms with E-state index in [4.69, 9.17) is 0 Å². The van der Waals surface area contributed by atoms with E-state index < -0.39 is 17.4 Å². The zero-order valence-electron chi connectivity index (χ0n) is 12.9. The van der Waals surface area contributed by atoms with E-state index in [1.807, 2.05) is 18.3 Å². The largest absolute Gasteiger partial charge is 0.388 e. The lowest BCUT2D eigenvalue weighted by Gasteiger charge is -2.31. The second kappa shape index (κ2) is 6.42. The number of anilines is 1. The Morgan fingerprint density at radius 2 is 1.91 bits per heavy atom. The van der Waals surface area contributed by atoms with Crippen molar-refractivity contribution in [1.29, 1.82) is 0 Å². The van der Waals surface area contributed by atoms with Crippen LogP contribution in [0.1, 0.15) is 32.1 Å². The quantitative estimate of drug-likeness (QED) is 0.652. The molecule has 0 aliphatic heterocycles. The van der Waals surface area contributed by atoms with Crippen molar-refractivity contribution in [3.05, 3.63) is 30.5 Å². The first-order valence-corrected chi connectivity index (χ1v) is 7.94. The zero-order chi connectivity index (χ0) is 16.3. The van der Waals surface area contributed by atoms with Gasteiger partial charge in [-0.15, -0.1) is 0 Å². The highest BCUT2D eigenvalue weighted by molar-refractivity contribution is 6.39. The van der Waals surface area contributed by atoms with Crippen LogP contribution >= 0.6 is 0 Å². The first kappa shape index (κ1) is 15.6. The summed E-state index contributed by atoms with van der Waals surface area (Å²) in [6.07, 6.45) is 6.16. The Hall–Kier alpha value is -2.34. The highest BCUT2D eigenvalue weighted by Gasteiger charge is 2.30. The molecule has 0 spiro atoms. The van der Waals surface area contributed by atoms with Crippen molar-refractivity contribution in [2.75, 3.05) is 11.9 Å². The highest BCUT2D eigenvalue weighted by atomic mass is 16.3. The highest BCUT2D eigenvalue weighted by Crippen LogP contribution is 2.27. The Morgan fingerprint density at radius 3 is 2.70 bits per heavy atom. The number of fused-ring (bicyclic) bond motifs is 1. The smallest absolute Gasteiger partial charge is 0.313 e. The van der Waals surface area contributed by atoms with Gasteiger partial charge in [-0.2, -0.15) is 0 Å². The van der Waals surface area contributed by atoms with Crippen molar-refractivity contribution in [2.24, 2.45) is 0 Å². The van der Waals surface area contributed by atoms with Crippen LogP contribution in [0, 0.1) is 0 Å². The van der Waals surface area contributed by atoms with Crippen molar-refractivity contribution in [3.8, 4) is 0 Å². The monoisotopic (exact) mass is 315 g/mol. The summed E-state index contributed by atoms with van der Waals surface area (Å²) in [4.78, 5) is 26.9. The molecule has 1 aliphatic carbocycles. The van der Waals surface area contributed by atoms with Crippen LogP contribution in [0.25, 0.3) is 10.9 Å². The first-order valence-electron chi connectivity index (χ1n) is 7.94. The van der Waals surface area contributed by atoms with E-state index in [0.29, 0.717) is 18.5 Å². The topological polar surface area (TPSA) is 94.2 Å². The van der Waals surface area contributed by atoms with Gasteiger partial charge >= 0.3 is 11.8 Å². The van der Waals surface area contributed by atoms with E-state index in [1.54, 1.807) is 12.1 Å². The van der Waals surface area contributed by atoms with Gasteiger partial charge in [-0.3, -0.25) is 9.59 Å². The van der Waals surface area contributed by atoms with Crippen LogP contribution in [0.2, 0.25) is 0 Å². The summed E-state index contributed by atoms with van der Waals surface area (Å²) in [7, 11) is 0. The van der Waals surface area contributed by atoms with Crippen molar-refractivity contribution in [3.63, 3.8) is 0 Å². The summed E-state index contributed by atoms with van der Waals surface area (Å²) in [5.74, 6) is -1.45. The fourth-order valence-electron chi connectivity index (χ4n) is 3.03. The molecule has 0 saturated heterocycles. The maximum atomic E-state index is 12.0. The molecule has 2 amide bonds. The second-order valence-electron chi connectivity index (χ2n) is 6.20. The summed E-state index contributed by atoms with van der Waals surface area (Å²) in [6.45, 7) is 0.121. The average Bonchev–Trinajstić information content (AvgIpc) is 3.01. The molecule has 4 N–H and O–H groups in total. The van der Waals surface area contributed by atoms with E-state index in [9.17, 15) is 14.7 Å². The van der Waals surface area contributed by atoms with Crippen molar-refractivity contribution >= 4 is 28.4 Å². The first-order chi connectivity index (χ1) is 11.1. The fraction of sp³-hybridized carbons (Fsp3) is 0.412. The molecule has 0 radical (unpaired) electrons. The molecule has 6 heteroatoms. The summed E-state index contributed by atoms with van der Waals surface area (Å²) >= 11 is 0. The molecule has 1 aromatic carbocycles. The number of rotatable bonds is 3. The standard InChI is InChI=1S/C17H21N3O3/c21-15(19-11-17(23)7-2-1-3-8-17)16(22)20-13-4-5-14-12(10-13)6-9-18-14/h4-6,9-10,18,23H,1-3,7-8,11H2,(H,19,21)(H,20,22). The minimum Gasteiger partial charge on any atom is -0.388 e. The van der Waals surface area contributed by atoms with Crippen LogP contribution in [0.15, 0.2) is 30.5 Å². The molecule has 0 atom stereocenters. The molecule has 1 heterocycles. The summed E-state index contributed by atoms with van der Waals surface area (Å²) in [5.41, 5.74) is 0.652. The lowest BCUT2D eigenvalue weighted by molar-refractivity contribution is -0.137. The third-order valence-electron chi connectivity index (χ3n) is 4.38. The number of carbonyl (C=O) groups excluding carboxylic acids is 2. The van der Waals surface area contributed by atoms with Crippen LogP contribution in [0.3, 0.4) is 0 Å². The van der Waals surface area contributed by atoms with Crippen LogP contribution in [-0.2, 0) is 9.59 Å². The number of hydrogen-bond acceptors (Lipinski definition) is 3. The molecule has 2 aromatic rings. The zero-order valence-corrected chi connectivity index (χ0v) is 12.9. The number of aliphatic hydroxyl groups is 1. The van der Waals surface area contributed by atoms with E-state index >= 15 is 0 Å². The van der Waals surface area contributed by atoms with Gasteiger partial charge in [-0.25, -0.2) is 0 Å². The van der Waals surface area contributed by atoms with Gasteiger partial charge in [0.2, 0.25) is 0 Å². The van der Waals surface area contributed by atoms with Gasteiger partial charge in [0, 0.05) is 29.3 Å². The van der Waals surface area contributed by atoms with Crippen molar-refractivity contribution < 1.29 is 14.7 Å². The Kier molecular flexibility index (Phi) is 4.34. The number of amides is 2. The normalized spacial score (nSPS) is 16.9. The minimum atomic E-state index is -0.877. The Labute approximate surface area is 134 Å². The van der Waals surface area contributed by atoms with Crippen LogP contribution in [0.4, 0.5) is 5.69 Å². The summed E-state index contributed by atoms with van der Waals surface area (Å²) in [5, 5.41) is 16.4. The van der Waals surface area contributed by atoms with Gasteiger partial charge in [0.25, 0.3) is 0 Å². The predicted molar refractivity (Wildman–Crippen MR) is 88.0 cm³/mol. The maximum Gasteiger partial charge on any atom is 0.313 e. The van der Waals surface area contributed by atoms with Crippen LogP contribution < -0.4 is 10.6 Å². The average molecular weight is 315 g/mol. The van der Waals surface area contributed by atoms with Crippen molar-refractivity contribution in [1.82, 2.24) is 10.3 Å².